The normalized spacial score (nSPS) is 18.6. The number of carboxylic acid groups (broad SMARTS) is 1. The van der Waals surface area contributed by atoms with Crippen molar-refractivity contribution in [3.63, 3.8) is 0 Å². The van der Waals surface area contributed by atoms with Crippen LogP contribution in [0.4, 0.5) is 0 Å². The second kappa shape index (κ2) is 7.22. The Bertz CT molecular complexity index is 995. The Balaban J connectivity index is 1.80. The third-order valence-corrected chi connectivity index (χ3v) is 9.06. The Hall–Kier alpha value is -1.56. The number of nitrogens with zero attached hydrogens (tertiary/aromatic N) is 2. The minimum atomic E-state index is -3.72. The number of para-hydroxylation sites is 1. The number of hydrogen-bond acceptors (Lipinski definition) is 8. The van der Waals surface area contributed by atoms with Crippen LogP contribution in [0.3, 0.4) is 0 Å². The number of thiazole rings is 1. The van der Waals surface area contributed by atoms with E-state index in [1.165, 1.54) is 39.8 Å². The van der Waals surface area contributed by atoms with Crippen LogP contribution in [0.15, 0.2) is 39.2 Å². The standard InChI is InChI=1S/C15H14N2O5S4/c1-8(26(2,21)22)13(14(19)20)17-11(18)7-12(17)24-25-15-16-9-5-3-4-6-10(9)23-15/h3-6,12H,7H2,1-2H3,(H,19,20). The smallest absolute Gasteiger partial charge is 0.353 e. The highest BCUT2D eigenvalue weighted by atomic mass is 33.1. The van der Waals surface area contributed by atoms with Gasteiger partial charge < -0.3 is 5.11 Å². The number of carbonyl (C=O) groups is 2. The van der Waals surface area contributed by atoms with Gasteiger partial charge in [-0.05, 0) is 29.9 Å². The summed E-state index contributed by atoms with van der Waals surface area (Å²) in [5.41, 5.74) is 0.396. The van der Waals surface area contributed by atoms with Gasteiger partial charge in [-0.25, -0.2) is 18.2 Å². The van der Waals surface area contributed by atoms with E-state index in [1.54, 1.807) is 0 Å². The highest BCUT2D eigenvalue weighted by Gasteiger charge is 2.43. The molecule has 7 nitrogen and oxygen atoms in total. The van der Waals surface area contributed by atoms with Gasteiger partial charge in [-0.3, -0.25) is 9.69 Å². The van der Waals surface area contributed by atoms with Crippen molar-refractivity contribution in [1.29, 1.82) is 0 Å². The Labute approximate surface area is 161 Å². The first kappa shape index (κ1) is 19.2. The Morgan fingerprint density at radius 2 is 2.08 bits per heavy atom. The first-order valence-corrected chi connectivity index (χ1v) is 12.3. The highest BCUT2D eigenvalue weighted by molar-refractivity contribution is 8.77. The summed E-state index contributed by atoms with van der Waals surface area (Å²) in [4.78, 5) is 28.7. The van der Waals surface area contributed by atoms with Gasteiger partial charge in [-0.1, -0.05) is 22.9 Å². The van der Waals surface area contributed by atoms with Crippen molar-refractivity contribution in [3.05, 3.63) is 34.9 Å². The van der Waals surface area contributed by atoms with Crippen molar-refractivity contribution in [2.75, 3.05) is 6.26 Å². The van der Waals surface area contributed by atoms with Crippen molar-refractivity contribution in [1.82, 2.24) is 9.88 Å². The summed E-state index contributed by atoms with van der Waals surface area (Å²) < 4.78 is 25.3. The molecular weight excluding hydrogens is 416 g/mol. The van der Waals surface area contributed by atoms with Gasteiger partial charge in [0.15, 0.2) is 14.2 Å². The van der Waals surface area contributed by atoms with E-state index < -0.39 is 32.8 Å². The van der Waals surface area contributed by atoms with Gasteiger partial charge in [0.05, 0.1) is 21.5 Å². The summed E-state index contributed by atoms with van der Waals surface area (Å²) in [7, 11) is -1.08. The molecule has 26 heavy (non-hydrogen) atoms. The summed E-state index contributed by atoms with van der Waals surface area (Å²) in [6.07, 6.45) is 1.07. The van der Waals surface area contributed by atoms with Crippen LogP contribution in [0, 0.1) is 0 Å². The van der Waals surface area contributed by atoms with Crippen LogP contribution in [-0.4, -0.2) is 46.9 Å². The number of carboxylic acids is 1. The van der Waals surface area contributed by atoms with E-state index in [0.29, 0.717) is 0 Å². The largest absolute Gasteiger partial charge is 0.477 e. The summed E-state index contributed by atoms with van der Waals surface area (Å²) in [6, 6.07) is 7.68. The monoisotopic (exact) mass is 430 g/mol. The molecule has 2 heterocycles. The molecule has 1 aromatic carbocycles. The van der Waals surface area contributed by atoms with E-state index in [1.807, 2.05) is 24.3 Å². The minimum absolute atomic E-state index is 0.149. The van der Waals surface area contributed by atoms with Gasteiger partial charge in [-0.2, -0.15) is 0 Å². The van der Waals surface area contributed by atoms with Gasteiger partial charge >= 0.3 is 5.97 Å². The predicted molar refractivity (Wildman–Crippen MR) is 103 cm³/mol. The molecule has 1 amide bonds. The van der Waals surface area contributed by atoms with Crippen LogP contribution >= 0.6 is 32.9 Å². The number of aliphatic carboxylic acids is 1. The zero-order valence-corrected chi connectivity index (χ0v) is 17.0. The van der Waals surface area contributed by atoms with Crippen LogP contribution in [0.1, 0.15) is 13.3 Å². The third kappa shape index (κ3) is 3.75. The molecule has 1 atom stereocenters. The zero-order valence-electron chi connectivity index (χ0n) is 13.7. The number of likely N-dealkylation sites (tertiary alicyclic amines) is 1. The molecule has 3 rings (SSSR count). The molecule has 0 aliphatic carbocycles. The fourth-order valence-corrected chi connectivity index (χ4v) is 6.62. The van der Waals surface area contributed by atoms with Gasteiger partial charge in [-0.15, -0.1) is 11.3 Å². The van der Waals surface area contributed by atoms with E-state index in [2.05, 4.69) is 4.98 Å². The molecule has 0 bridgehead atoms. The molecule has 11 heteroatoms. The average Bonchev–Trinajstić information content (AvgIpc) is 2.97. The summed E-state index contributed by atoms with van der Waals surface area (Å²) in [5, 5.41) is 8.96. The lowest BCUT2D eigenvalue weighted by Crippen LogP contribution is -2.51. The molecule has 1 saturated heterocycles. The van der Waals surface area contributed by atoms with E-state index >= 15 is 0 Å². The lowest BCUT2D eigenvalue weighted by atomic mass is 10.1. The highest BCUT2D eigenvalue weighted by Crippen LogP contribution is 2.45. The molecular formula is C15H14N2O5S4. The van der Waals surface area contributed by atoms with E-state index in [9.17, 15) is 23.1 Å². The lowest BCUT2D eigenvalue weighted by Gasteiger charge is -2.39. The number of aromatic nitrogens is 1. The zero-order chi connectivity index (χ0) is 19.1. The van der Waals surface area contributed by atoms with Gasteiger partial charge in [0.25, 0.3) is 0 Å². The van der Waals surface area contributed by atoms with Crippen LogP contribution in [0.25, 0.3) is 10.2 Å². The van der Waals surface area contributed by atoms with Crippen LogP contribution in [0.5, 0.6) is 0 Å². The first-order valence-electron chi connectivity index (χ1n) is 7.33. The molecule has 0 spiro atoms. The number of β-lactam (4-membered cyclic amide) rings is 1. The number of carbonyl (C=O) groups excluding carboxylic acids is 1. The van der Waals surface area contributed by atoms with E-state index in [0.717, 1.165) is 25.7 Å². The van der Waals surface area contributed by atoms with Crippen molar-refractivity contribution in [2.45, 2.75) is 23.1 Å². The number of benzene rings is 1. The SMILES string of the molecule is CC(=C(C(=O)O)N1C(=O)CC1SSc1nc2ccccc2s1)S(C)(=O)=O. The molecule has 1 unspecified atom stereocenters. The summed E-state index contributed by atoms with van der Waals surface area (Å²) in [5.74, 6) is -1.84. The van der Waals surface area contributed by atoms with Crippen molar-refractivity contribution in [2.24, 2.45) is 0 Å². The van der Waals surface area contributed by atoms with Crippen molar-refractivity contribution in [3.8, 4) is 0 Å². The maximum atomic E-state index is 12.0. The third-order valence-electron chi connectivity index (χ3n) is 3.74. The molecule has 1 N–H and O–H groups in total. The molecule has 138 valence electrons. The number of allylic oxidation sites excluding steroid dienone is 1. The van der Waals surface area contributed by atoms with E-state index in [-0.39, 0.29) is 11.3 Å². The molecule has 0 saturated carbocycles. The Morgan fingerprint density at radius 3 is 2.65 bits per heavy atom. The van der Waals surface area contributed by atoms with Crippen molar-refractivity contribution < 1.29 is 23.1 Å². The Morgan fingerprint density at radius 1 is 1.38 bits per heavy atom. The average molecular weight is 431 g/mol. The van der Waals surface area contributed by atoms with Crippen LogP contribution < -0.4 is 0 Å². The quantitative estimate of drug-likeness (QED) is 0.424. The number of rotatable bonds is 6. The van der Waals surface area contributed by atoms with Crippen LogP contribution in [-0.2, 0) is 19.4 Å². The van der Waals surface area contributed by atoms with Gasteiger partial charge in [0.2, 0.25) is 5.91 Å². The number of fused-ring (bicyclic) bond motifs is 1. The lowest BCUT2D eigenvalue weighted by molar-refractivity contribution is -0.145. The topological polar surface area (TPSA) is 105 Å². The second-order valence-electron chi connectivity index (χ2n) is 5.53. The first-order chi connectivity index (χ1) is 12.2. The molecule has 1 aromatic heterocycles. The molecule has 1 fully saturated rings. The number of sulfone groups is 1. The van der Waals surface area contributed by atoms with Gasteiger partial charge in [0, 0.05) is 6.26 Å². The summed E-state index contributed by atoms with van der Waals surface area (Å²) >= 11 is 1.50. The minimum Gasteiger partial charge on any atom is -0.477 e. The number of hydrogen-bond donors (Lipinski definition) is 1. The van der Waals surface area contributed by atoms with Crippen molar-refractivity contribution >= 4 is 64.9 Å². The van der Waals surface area contributed by atoms with Gasteiger partial charge in [0.1, 0.15) is 11.1 Å². The maximum absolute atomic E-state index is 12.0. The molecule has 1 aliphatic rings. The number of amides is 1. The second-order valence-corrected chi connectivity index (χ2v) is 11.3. The maximum Gasteiger partial charge on any atom is 0.353 e. The van der Waals surface area contributed by atoms with E-state index in [4.69, 9.17) is 0 Å². The molecule has 1 aliphatic heterocycles. The fraction of sp³-hybridized carbons (Fsp3) is 0.267. The molecule has 2 aromatic rings. The summed E-state index contributed by atoms with van der Waals surface area (Å²) in [6.45, 7) is 1.20. The predicted octanol–water partition coefficient (Wildman–Crippen LogP) is 2.96. The van der Waals surface area contributed by atoms with Crippen LogP contribution in [0.2, 0.25) is 0 Å². The molecule has 0 radical (unpaired) electrons. The fourth-order valence-electron chi connectivity index (χ4n) is 2.32. The Kier molecular flexibility index (Phi) is 5.33.